The van der Waals surface area contributed by atoms with Crippen LogP contribution in [0.5, 0.6) is 5.75 Å². The van der Waals surface area contributed by atoms with Crippen molar-refractivity contribution in [2.45, 2.75) is 51.0 Å². The summed E-state index contributed by atoms with van der Waals surface area (Å²) >= 11 is 0. The fourth-order valence-corrected chi connectivity index (χ4v) is 4.32. The lowest BCUT2D eigenvalue weighted by molar-refractivity contribution is -0.127. The van der Waals surface area contributed by atoms with Gasteiger partial charge in [-0.05, 0) is 64.8 Å². The number of nitrogens with one attached hydrogen (secondary N) is 1. The standard InChI is InChI=1S/C18H28N2O4S/c1-5-24-15-6-8-16(9-7-15)25(22,23)20-12-10-14(11-13-20)17(21)19-18(2,3)4/h6-9,14H,5,10-13H2,1-4H3,(H,19,21). The summed E-state index contributed by atoms with van der Waals surface area (Å²) in [6, 6.07) is 6.47. The van der Waals surface area contributed by atoms with Crippen LogP contribution < -0.4 is 10.1 Å². The lowest BCUT2D eigenvalue weighted by Gasteiger charge is -2.32. The van der Waals surface area contributed by atoms with E-state index in [0.29, 0.717) is 38.3 Å². The number of carbonyl (C=O) groups is 1. The molecule has 0 atom stereocenters. The number of nitrogens with zero attached hydrogens (tertiary/aromatic N) is 1. The molecule has 6 nitrogen and oxygen atoms in total. The van der Waals surface area contributed by atoms with Crippen molar-refractivity contribution in [2.75, 3.05) is 19.7 Å². The number of benzene rings is 1. The Kier molecular flexibility index (Phi) is 6.11. The highest BCUT2D eigenvalue weighted by atomic mass is 32.2. The van der Waals surface area contributed by atoms with Crippen molar-refractivity contribution in [1.29, 1.82) is 0 Å². The fourth-order valence-electron chi connectivity index (χ4n) is 2.85. The lowest BCUT2D eigenvalue weighted by Crippen LogP contribution is -2.47. The first kappa shape index (κ1) is 19.7. The van der Waals surface area contributed by atoms with Gasteiger partial charge in [-0.2, -0.15) is 4.31 Å². The van der Waals surface area contributed by atoms with Crippen molar-refractivity contribution in [3.05, 3.63) is 24.3 Å². The van der Waals surface area contributed by atoms with Gasteiger partial charge in [0, 0.05) is 24.5 Å². The highest BCUT2D eigenvalue weighted by Gasteiger charge is 2.33. The quantitative estimate of drug-likeness (QED) is 0.866. The minimum atomic E-state index is -3.53. The van der Waals surface area contributed by atoms with Gasteiger partial charge in [-0.25, -0.2) is 8.42 Å². The molecule has 1 heterocycles. The zero-order valence-corrected chi connectivity index (χ0v) is 16.2. The van der Waals surface area contributed by atoms with Crippen LogP contribution in [0, 0.1) is 5.92 Å². The maximum absolute atomic E-state index is 12.7. The Bertz CT molecular complexity index is 685. The summed E-state index contributed by atoms with van der Waals surface area (Å²) in [5, 5.41) is 2.97. The van der Waals surface area contributed by atoms with E-state index in [1.807, 2.05) is 27.7 Å². The predicted molar refractivity (Wildman–Crippen MR) is 97.0 cm³/mol. The zero-order chi connectivity index (χ0) is 18.7. The second-order valence-corrected chi connectivity index (χ2v) is 9.26. The van der Waals surface area contributed by atoms with Crippen LogP contribution >= 0.6 is 0 Å². The third-order valence-corrected chi connectivity index (χ3v) is 6.01. The number of hydrogen-bond acceptors (Lipinski definition) is 4. The van der Waals surface area contributed by atoms with Crippen LogP contribution in [0.15, 0.2) is 29.2 Å². The molecule has 1 fully saturated rings. The molecule has 1 aromatic carbocycles. The Morgan fingerprint density at radius 2 is 1.76 bits per heavy atom. The number of piperidine rings is 1. The van der Waals surface area contributed by atoms with Crippen LogP contribution in [0.3, 0.4) is 0 Å². The Morgan fingerprint density at radius 1 is 1.20 bits per heavy atom. The van der Waals surface area contributed by atoms with E-state index in [0.717, 1.165) is 0 Å². The second kappa shape index (κ2) is 7.74. The first-order chi connectivity index (χ1) is 11.6. The third kappa shape index (κ3) is 5.19. The average molecular weight is 368 g/mol. The van der Waals surface area contributed by atoms with Crippen molar-refractivity contribution in [3.63, 3.8) is 0 Å². The predicted octanol–water partition coefficient (Wildman–Crippen LogP) is 2.40. The van der Waals surface area contributed by atoms with Crippen molar-refractivity contribution in [2.24, 2.45) is 5.92 Å². The Hall–Kier alpha value is -1.60. The number of hydrogen-bond donors (Lipinski definition) is 1. The van der Waals surface area contributed by atoms with Crippen LogP contribution in [-0.2, 0) is 14.8 Å². The average Bonchev–Trinajstić information content (AvgIpc) is 2.54. The lowest BCUT2D eigenvalue weighted by atomic mass is 9.96. The fraction of sp³-hybridized carbons (Fsp3) is 0.611. The molecule has 2 rings (SSSR count). The highest BCUT2D eigenvalue weighted by Crippen LogP contribution is 2.25. The van der Waals surface area contributed by atoms with Crippen LogP contribution in [0.1, 0.15) is 40.5 Å². The molecule has 0 saturated carbocycles. The van der Waals surface area contributed by atoms with Crippen LogP contribution in [0.4, 0.5) is 0 Å². The molecule has 0 aromatic heterocycles. The Morgan fingerprint density at radius 3 is 2.24 bits per heavy atom. The zero-order valence-electron chi connectivity index (χ0n) is 15.4. The molecule has 1 amide bonds. The van der Waals surface area contributed by atoms with Crippen molar-refractivity contribution in [1.82, 2.24) is 9.62 Å². The molecule has 25 heavy (non-hydrogen) atoms. The first-order valence-electron chi connectivity index (χ1n) is 8.68. The van der Waals surface area contributed by atoms with Gasteiger partial charge < -0.3 is 10.1 Å². The number of sulfonamides is 1. The van der Waals surface area contributed by atoms with E-state index in [4.69, 9.17) is 4.74 Å². The van der Waals surface area contributed by atoms with Crippen LogP contribution in [0.2, 0.25) is 0 Å². The highest BCUT2D eigenvalue weighted by molar-refractivity contribution is 7.89. The third-order valence-electron chi connectivity index (χ3n) is 4.10. The van der Waals surface area contributed by atoms with Crippen LogP contribution in [-0.4, -0.2) is 43.9 Å². The van der Waals surface area contributed by atoms with E-state index in [1.54, 1.807) is 24.3 Å². The van der Waals surface area contributed by atoms with Crippen molar-refractivity contribution < 1.29 is 17.9 Å². The molecule has 1 aromatic rings. The summed E-state index contributed by atoms with van der Waals surface area (Å²) < 4.78 is 32.3. The normalized spacial score (nSPS) is 17.3. The van der Waals surface area contributed by atoms with Gasteiger partial charge in [0.15, 0.2) is 0 Å². The van der Waals surface area contributed by atoms with Gasteiger partial charge in [0.1, 0.15) is 5.75 Å². The van der Waals surface area contributed by atoms with Crippen molar-refractivity contribution >= 4 is 15.9 Å². The van der Waals surface area contributed by atoms with Gasteiger partial charge >= 0.3 is 0 Å². The van der Waals surface area contributed by atoms with E-state index < -0.39 is 10.0 Å². The van der Waals surface area contributed by atoms with E-state index in [2.05, 4.69) is 5.32 Å². The molecular weight excluding hydrogens is 340 g/mol. The molecule has 7 heteroatoms. The maximum atomic E-state index is 12.7. The van der Waals surface area contributed by atoms with Gasteiger partial charge in [-0.3, -0.25) is 4.79 Å². The van der Waals surface area contributed by atoms with Crippen LogP contribution in [0.25, 0.3) is 0 Å². The number of amides is 1. The molecule has 0 unspecified atom stereocenters. The minimum absolute atomic E-state index is 0.00520. The molecule has 1 aliphatic heterocycles. The topological polar surface area (TPSA) is 75.7 Å². The summed E-state index contributed by atoms with van der Waals surface area (Å²) in [6.07, 6.45) is 1.08. The molecule has 1 aliphatic rings. The number of rotatable bonds is 5. The monoisotopic (exact) mass is 368 g/mol. The maximum Gasteiger partial charge on any atom is 0.243 e. The first-order valence-corrected chi connectivity index (χ1v) is 10.1. The smallest absolute Gasteiger partial charge is 0.243 e. The molecule has 0 bridgehead atoms. The van der Waals surface area contributed by atoms with Gasteiger partial charge in [0.25, 0.3) is 0 Å². The SMILES string of the molecule is CCOc1ccc(S(=O)(=O)N2CCC(C(=O)NC(C)(C)C)CC2)cc1. The van der Waals surface area contributed by atoms with Gasteiger partial charge in [0.2, 0.25) is 15.9 Å². The molecule has 140 valence electrons. The van der Waals surface area contributed by atoms with Gasteiger partial charge in [0.05, 0.1) is 11.5 Å². The second-order valence-electron chi connectivity index (χ2n) is 7.32. The molecular formula is C18H28N2O4S. The number of ether oxygens (including phenoxy) is 1. The summed E-state index contributed by atoms with van der Waals surface area (Å²) in [6.45, 7) is 8.96. The summed E-state index contributed by atoms with van der Waals surface area (Å²) in [5.74, 6) is 0.524. The Balaban J connectivity index is 2.00. The summed E-state index contributed by atoms with van der Waals surface area (Å²) in [4.78, 5) is 12.5. The minimum Gasteiger partial charge on any atom is -0.494 e. The summed E-state index contributed by atoms with van der Waals surface area (Å²) in [5.41, 5.74) is -0.275. The molecule has 0 spiro atoms. The largest absolute Gasteiger partial charge is 0.494 e. The Labute approximate surface area is 150 Å². The summed E-state index contributed by atoms with van der Waals surface area (Å²) in [7, 11) is -3.53. The van der Waals surface area contributed by atoms with E-state index >= 15 is 0 Å². The van der Waals surface area contributed by atoms with Crippen molar-refractivity contribution in [3.8, 4) is 5.75 Å². The van der Waals surface area contributed by atoms with E-state index in [1.165, 1.54) is 4.31 Å². The van der Waals surface area contributed by atoms with Gasteiger partial charge in [-0.1, -0.05) is 0 Å². The van der Waals surface area contributed by atoms with Gasteiger partial charge in [-0.15, -0.1) is 0 Å². The van der Waals surface area contributed by atoms with E-state index in [-0.39, 0.29) is 22.3 Å². The molecule has 0 radical (unpaired) electrons. The molecule has 1 saturated heterocycles. The van der Waals surface area contributed by atoms with E-state index in [9.17, 15) is 13.2 Å². The molecule has 0 aliphatic carbocycles. The molecule has 1 N–H and O–H groups in total. The number of carbonyl (C=O) groups excluding carboxylic acids is 1.